The maximum atomic E-state index is 13.0. The lowest BCUT2D eigenvalue weighted by Crippen LogP contribution is -2.19. The smallest absolute Gasteiger partial charge is 0.411 e. The van der Waals surface area contributed by atoms with Gasteiger partial charge >= 0.3 is 12.1 Å². The maximum Gasteiger partial charge on any atom is 0.411 e. The van der Waals surface area contributed by atoms with Crippen LogP contribution in [0.3, 0.4) is 0 Å². The number of hydrogen-bond acceptors (Lipinski definition) is 6. The minimum Gasteiger partial charge on any atom is -0.494 e. The van der Waals surface area contributed by atoms with E-state index in [1.165, 1.54) is 14.2 Å². The highest BCUT2D eigenvalue weighted by atomic mass is 16.5. The molecule has 0 bridgehead atoms. The molecule has 0 heterocycles. The third-order valence-corrected chi connectivity index (χ3v) is 6.88. The number of rotatable bonds is 10. The molecular formula is C32H29NO7. The first-order chi connectivity index (χ1) is 19.5. The average Bonchev–Trinajstić information content (AvgIpc) is 3.29. The van der Waals surface area contributed by atoms with Crippen molar-refractivity contribution in [1.82, 2.24) is 0 Å². The molecule has 5 rings (SSSR count). The molecule has 40 heavy (non-hydrogen) atoms. The summed E-state index contributed by atoms with van der Waals surface area (Å²) in [6.07, 6.45) is -0.123. The molecule has 0 saturated carbocycles. The Morgan fingerprint density at radius 2 is 1.48 bits per heavy atom. The third-order valence-electron chi connectivity index (χ3n) is 6.88. The van der Waals surface area contributed by atoms with E-state index in [1.54, 1.807) is 18.2 Å². The fourth-order valence-corrected chi connectivity index (χ4v) is 5.07. The molecule has 4 aromatic carbocycles. The molecule has 1 amide bonds. The molecule has 1 aliphatic rings. The summed E-state index contributed by atoms with van der Waals surface area (Å²) in [6, 6.07) is 27.1. The lowest BCUT2D eigenvalue weighted by molar-refractivity contribution is -0.139. The van der Waals surface area contributed by atoms with Gasteiger partial charge in [0.2, 0.25) is 0 Å². The summed E-state index contributed by atoms with van der Waals surface area (Å²) in [5, 5.41) is 11.6. The molecule has 0 radical (unpaired) electrons. The lowest BCUT2D eigenvalue weighted by atomic mass is 9.98. The van der Waals surface area contributed by atoms with Crippen molar-refractivity contribution in [2.75, 3.05) is 32.8 Å². The van der Waals surface area contributed by atoms with E-state index in [9.17, 15) is 9.59 Å². The number of carbonyl (C=O) groups excluding carboxylic acids is 1. The molecule has 1 aliphatic carbocycles. The van der Waals surface area contributed by atoms with E-state index in [-0.39, 0.29) is 12.5 Å². The van der Waals surface area contributed by atoms with E-state index in [0.29, 0.717) is 29.4 Å². The van der Waals surface area contributed by atoms with E-state index in [0.717, 1.165) is 33.4 Å². The Labute approximate surface area is 232 Å². The van der Waals surface area contributed by atoms with Gasteiger partial charge in [-0.25, -0.2) is 9.59 Å². The average molecular weight is 540 g/mol. The van der Waals surface area contributed by atoms with Gasteiger partial charge in [-0.2, -0.15) is 0 Å². The molecule has 4 aromatic rings. The van der Waals surface area contributed by atoms with Gasteiger partial charge in [0.05, 0.1) is 14.2 Å². The van der Waals surface area contributed by atoms with Crippen LogP contribution in [0.5, 0.6) is 17.2 Å². The van der Waals surface area contributed by atoms with Crippen LogP contribution in [0.15, 0.2) is 84.9 Å². The van der Waals surface area contributed by atoms with Crippen LogP contribution in [0.1, 0.15) is 28.2 Å². The predicted molar refractivity (Wildman–Crippen MR) is 151 cm³/mol. The summed E-state index contributed by atoms with van der Waals surface area (Å²) < 4.78 is 22.2. The Morgan fingerprint density at radius 3 is 2.08 bits per heavy atom. The van der Waals surface area contributed by atoms with Gasteiger partial charge in [-0.05, 0) is 46.0 Å². The van der Waals surface area contributed by atoms with Crippen molar-refractivity contribution < 1.29 is 33.6 Å². The van der Waals surface area contributed by atoms with Crippen molar-refractivity contribution in [1.29, 1.82) is 0 Å². The molecule has 204 valence electrons. The summed E-state index contributed by atoms with van der Waals surface area (Å²) in [6.45, 7) is -0.225. The number of ether oxygens (including phenoxy) is 4. The second kappa shape index (κ2) is 11.8. The van der Waals surface area contributed by atoms with Crippen LogP contribution in [0.4, 0.5) is 10.5 Å². The van der Waals surface area contributed by atoms with Gasteiger partial charge in [0.15, 0.2) is 6.61 Å². The normalized spacial score (nSPS) is 11.8. The van der Waals surface area contributed by atoms with Crippen LogP contribution in [0.25, 0.3) is 11.1 Å². The Bertz CT molecular complexity index is 1490. The van der Waals surface area contributed by atoms with Crippen LogP contribution in [0, 0.1) is 0 Å². The number of nitrogens with one attached hydrogen (secondary N) is 1. The molecule has 0 unspecified atom stereocenters. The Kier molecular flexibility index (Phi) is 7.87. The molecule has 8 nitrogen and oxygen atoms in total. The van der Waals surface area contributed by atoms with Crippen LogP contribution < -0.4 is 19.5 Å². The summed E-state index contributed by atoms with van der Waals surface area (Å²) in [7, 11) is 3.05. The first-order valence-electron chi connectivity index (χ1n) is 12.8. The maximum absolute atomic E-state index is 13.0. The van der Waals surface area contributed by atoms with Gasteiger partial charge in [-0.15, -0.1) is 0 Å². The van der Waals surface area contributed by atoms with Crippen molar-refractivity contribution in [2.24, 2.45) is 0 Å². The number of hydrogen-bond donors (Lipinski definition) is 2. The minimum absolute atomic E-state index is 0.0595. The fourth-order valence-electron chi connectivity index (χ4n) is 5.07. The van der Waals surface area contributed by atoms with E-state index < -0.39 is 18.7 Å². The number of anilines is 1. The Morgan fingerprint density at radius 1 is 0.825 bits per heavy atom. The van der Waals surface area contributed by atoms with Gasteiger partial charge in [0.1, 0.15) is 29.5 Å². The number of carbonyl (C=O) groups is 2. The Balaban J connectivity index is 1.31. The predicted octanol–water partition coefficient (Wildman–Crippen LogP) is 6.12. The molecule has 0 spiro atoms. The highest BCUT2D eigenvalue weighted by molar-refractivity contribution is 5.90. The SMILES string of the molecule is COc1ccc(Cc2ccc(OCC(=O)O)cc2)c(OC)c1NC(=O)OCC1c2ccccc2-c2ccccc21. The molecule has 0 atom stereocenters. The molecule has 8 heteroatoms. The van der Waals surface area contributed by atoms with Gasteiger partial charge in [-0.3, -0.25) is 5.32 Å². The van der Waals surface area contributed by atoms with Crippen LogP contribution in [-0.2, 0) is 16.0 Å². The van der Waals surface area contributed by atoms with Gasteiger partial charge in [0, 0.05) is 17.9 Å². The second-order valence-corrected chi connectivity index (χ2v) is 9.29. The molecular weight excluding hydrogens is 510 g/mol. The van der Waals surface area contributed by atoms with Crippen molar-refractivity contribution in [3.63, 3.8) is 0 Å². The summed E-state index contributed by atoms with van der Waals surface area (Å²) in [5.41, 5.74) is 6.71. The van der Waals surface area contributed by atoms with Crippen LogP contribution in [0.2, 0.25) is 0 Å². The number of fused-ring (bicyclic) bond motifs is 3. The lowest BCUT2D eigenvalue weighted by Gasteiger charge is -2.19. The number of aliphatic carboxylic acids is 1. The highest BCUT2D eigenvalue weighted by Gasteiger charge is 2.29. The molecule has 0 aromatic heterocycles. The number of methoxy groups -OCH3 is 2. The van der Waals surface area contributed by atoms with Crippen LogP contribution in [-0.4, -0.2) is 44.6 Å². The highest BCUT2D eigenvalue weighted by Crippen LogP contribution is 2.45. The topological polar surface area (TPSA) is 103 Å². The monoisotopic (exact) mass is 539 g/mol. The van der Waals surface area contributed by atoms with E-state index in [1.807, 2.05) is 42.5 Å². The molecule has 0 fully saturated rings. The molecule has 0 saturated heterocycles. The largest absolute Gasteiger partial charge is 0.494 e. The third kappa shape index (κ3) is 5.56. The molecule has 2 N–H and O–H groups in total. The number of benzene rings is 4. The number of carboxylic acid groups (broad SMARTS) is 1. The summed E-state index contributed by atoms with van der Waals surface area (Å²) in [5.74, 6) is 0.259. The summed E-state index contributed by atoms with van der Waals surface area (Å²) in [4.78, 5) is 23.8. The summed E-state index contributed by atoms with van der Waals surface area (Å²) >= 11 is 0. The first-order valence-corrected chi connectivity index (χ1v) is 12.8. The standard InChI is InChI=1S/C32H29NO7/c1-37-28-16-13-21(17-20-11-14-22(15-12-20)39-19-29(34)35)31(38-2)30(28)33-32(36)40-18-27-25-9-5-3-7-23(25)24-8-4-6-10-26(24)27/h3-16,27H,17-19H2,1-2H3,(H,33,36)(H,34,35). The fraction of sp³-hybridized carbons (Fsp3) is 0.188. The van der Waals surface area contributed by atoms with E-state index in [2.05, 4.69) is 29.6 Å². The van der Waals surface area contributed by atoms with Gasteiger partial charge in [-0.1, -0.05) is 66.7 Å². The van der Waals surface area contributed by atoms with Crippen molar-refractivity contribution in [2.45, 2.75) is 12.3 Å². The zero-order valence-electron chi connectivity index (χ0n) is 22.2. The van der Waals surface area contributed by atoms with Crippen molar-refractivity contribution >= 4 is 17.7 Å². The Hall–Kier alpha value is -4.98. The second-order valence-electron chi connectivity index (χ2n) is 9.29. The van der Waals surface area contributed by atoms with Crippen molar-refractivity contribution in [3.05, 3.63) is 107 Å². The van der Waals surface area contributed by atoms with E-state index in [4.69, 9.17) is 24.1 Å². The molecule has 0 aliphatic heterocycles. The zero-order valence-corrected chi connectivity index (χ0v) is 22.2. The first kappa shape index (κ1) is 26.6. The van der Waals surface area contributed by atoms with Crippen molar-refractivity contribution in [3.8, 4) is 28.4 Å². The van der Waals surface area contributed by atoms with Crippen LogP contribution >= 0.6 is 0 Å². The zero-order chi connectivity index (χ0) is 28.1. The van der Waals surface area contributed by atoms with E-state index >= 15 is 0 Å². The van der Waals surface area contributed by atoms with Gasteiger partial charge < -0.3 is 24.1 Å². The number of carboxylic acids is 1. The quantitative estimate of drug-likeness (QED) is 0.250. The number of amides is 1. The minimum atomic E-state index is -1.04. The van der Waals surface area contributed by atoms with Gasteiger partial charge in [0.25, 0.3) is 0 Å².